The van der Waals surface area contributed by atoms with Gasteiger partial charge in [-0.05, 0) is 32.4 Å². The summed E-state index contributed by atoms with van der Waals surface area (Å²) >= 11 is 1.71. The number of rotatable bonds is 7. The molecule has 110 valence electrons. The first-order valence-electron chi connectivity index (χ1n) is 7.72. The number of hydrogen-bond donors (Lipinski definition) is 1. The van der Waals surface area contributed by atoms with Gasteiger partial charge in [0.2, 0.25) is 0 Å². The van der Waals surface area contributed by atoms with Gasteiger partial charge in [-0.15, -0.1) is 11.3 Å². The van der Waals surface area contributed by atoms with E-state index in [-0.39, 0.29) is 0 Å². The van der Waals surface area contributed by atoms with Crippen molar-refractivity contribution in [3.8, 4) is 0 Å². The number of unbranched alkanes of at least 4 members (excludes halogenated alkanes) is 1. The highest BCUT2D eigenvalue weighted by Crippen LogP contribution is 2.15. The highest BCUT2D eigenvalue weighted by atomic mass is 32.1. The summed E-state index contributed by atoms with van der Waals surface area (Å²) in [6.45, 7) is 6.77. The summed E-state index contributed by atoms with van der Waals surface area (Å²) in [6, 6.07) is 0.676. The highest BCUT2D eigenvalue weighted by molar-refractivity contribution is 7.15. The second kappa shape index (κ2) is 6.70. The molecule has 3 heterocycles. The zero-order valence-corrected chi connectivity index (χ0v) is 13.0. The van der Waals surface area contributed by atoms with Crippen LogP contribution in [0.1, 0.15) is 38.3 Å². The third-order valence-corrected chi connectivity index (χ3v) is 4.77. The molecule has 1 aliphatic heterocycles. The first-order valence-corrected chi connectivity index (χ1v) is 8.60. The molecule has 0 spiro atoms. The van der Waals surface area contributed by atoms with Crippen molar-refractivity contribution in [1.82, 2.24) is 19.6 Å². The molecule has 0 radical (unpaired) electrons. The maximum absolute atomic E-state index is 4.71. The fourth-order valence-corrected chi connectivity index (χ4v) is 3.64. The smallest absolute Gasteiger partial charge is 0.193 e. The molecule has 2 aromatic heterocycles. The van der Waals surface area contributed by atoms with Crippen molar-refractivity contribution < 1.29 is 0 Å². The summed E-state index contributed by atoms with van der Waals surface area (Å²) < 4.78 is 2.13. The third kappa shape index (κ3) is 3.40. The first-order chi connectivity index (χ1) is 9.85. The molecule has 20 heavy (non-hydrogen) atoms. The monoisotopic (exact) mass is 292 g/mol. The molecule has 0 aliphatic carbocycles. The molecule has 0 aromatic carbocycles. The normalized spacial score (nSPS) is 19.4. The molecule has 0 amide bonds. The molecule has 1 aliphatic rings. The largest absolute Gasteiger partial charge is 0.313 e. The quantitative estimate of drug-likeness (QED) is 0.852. The van der Waals surface area contributed by atoms with Gasteiger partial charge in [0.25, 0.3) is 0 Å². The maximum atomic E-state index is 4.71. The van der Waals surface area contributed by atoms with Crippen LogP contribution >= 0.6 is 11.3 Å². The predicted octanol–water partition coefficient (Wildman–Crippen LogP) is 2.75. The van der Waals surface area contributed by atoms with Gasteiger partial charge in [-0.2, -0.15) is 0 Å². The van der Waals surface area contributed by atoms with E-state index in [9.17, 15) is 0 Å². The molecule has 1 unspecified atom stereocenters. The Balaban J connectivity index is 1.63. The Morgan fingerprint density at radius 1 is 1.55 bits per heavy atom. The SMILES string of the molecule is CCCCN(Cc1cn2ccsc2n1)CC1CCCN1. The number of aromatic nitrogens is 2. The summed E-state index contributed by atoms with van der Waals surface area (Å²) in [5.41, 5.74) is 1.20. The van der Waals surface area contributed by atoms with Gasteiger partial charge >= 0.3 is 0 Å². The summed E-state index contributed by atoms with van der Waals surface area (Å²) in [6.07, 6.45) is 9.44. The van der Waals surface area contributed by atoms with Gasteiger partial charge in [-0.25, -0.2) is 4.98 Å². The van der Waals surface area contributed by atoms with Crippen LogP contribution in [0.4, 0.5) is 0 Å². The van der Waals surface area contributed by atoms with Gasteiger partial charge in [0.05, 0.1) is 5.69 Å². The van der Waals surface area contributed by atoms with E-state index in [0.29, 0.717) is 6.04 Å². The average Bonchev–Trinajstić information content (AvgIpc) is 3.12. The van der Waals surface area contributed by atoms with Gasteiger partial charge in [-0.3, -0.25) is 9.30 Å². The minimum absolute atomic E-state index is 0.676. The van der Waals surface area contributed by atoms with Crippen LogP contribution in [0.3, 0.4) is 0 Å². The lowest BCUT2D eigenvalue weighted by atomic mass is 10.2. The summed E-state index contributed by atoms with van der Waals surface area (Å²) in [7, 11) is 0. The Morgan fingerprint density at radius 3 is 3.25 bits per heavy atom. The number of thiazole rings is 1. The van der Waals surface area contributed by atoms with E-state index in [0.717, 1.165) is 18.1 Å². The number of nitrogens with one attached hydrogen (secondary N) is 1. The zero-order chi connectivity index (χ0) is 13.8. The van der Waals surface area contributed by atoms with Crippen molar-refractivity contribution in [3.63, 3.8) is 0 Å². The molecule has 3 rings (SSSR count). The van der Waals surface area contributed by atoms with Crippen molar-refractivity contribution in [1.29, 1.82) is 0 Å². The van der Waals surface area contributed by atoms with Gasteiger partial charge in [0.15, 0.2) is 4.96 Å². The van der Waals surface area contributed by atoms with E-state index in [1.54, 1.807) is 11.3 Å². The molecule has 4 nitrogen and oxygen atoms in total. The Morgan fingerprint density at radius 2 is 2.50 bits per heavy atom. The topological polar surface area (TPSA) is 32.6 Å². The zero-order valence-electron chi connectivity index (χ0n) is 12.2. The third-order valence-electron chi connectivity index (χ3n) is 4.00. The van der Waals surface area contributed by atoms with Crippen molar-refractivity contribution in [3.05, 3.63) is 23.5 Å². The molecule has 0 saturated carbocycles. The maximum Gasteiger partial charge on any atom is 0.193 e. The predicted molar refractivity (Wildman–Crippen MR) is 84.3 cm³/mol. The molecular formula is C15H24N4S. The van der Waals surface area contributed by atoms with E-state index in [2.05, 4.69) is 39.3 Å². The van der Waals surface area contributed by atoms with Crippen LogP contribution in [0.5, 0.6) is 0 Å². The van der Waals surface area contributed by atoms with Crippen molar-refractivity contribution in [2.75, 3.05) is 19.6 Å². The minimum atomic E-state index is 0.676. The standard InChI is InChI=1S/C15H24N4S/c1-2-3-7-18(10-13-5-4-6-16-13)11-14-12-19-8-9-20-15(19)17-14/h8-9,12-13,16H,2-7,10-11H2,1H3. The molecule has 1 fully saturated rings. The van der Waals surface area contributed by atoms with E-state index < -0.39 is 0 Å². The number of hydrogen-bond acceptors (Lipinski definition) is 4. The molecule has 1 atom stereocenters. The Kier molecular flexibility index (Phi) is 4.70. The number of nitrogens with zero attached hydrogens (tertiary/aromatic N) is 3. The Bertz CT molecular complexity index is 498. The molecule has 1 saturated heterocycles. The van der Waals surface area contributed by atoms with Gasteiger partial charge in [-0.1, -0.05) is 13.3 Å². The van der Waals surface area contributed by atoms with Crippen molar-refractivity contribution in [2.24, 2.45) is 0 Å². The first kappa shape index (κ1) is 14.0. The Labute approximate surface area is 124 Å². The lowest BCUT2D eigenvalue weighted by Crippen LogP contribution is -2.37. The van der Waals surface area contributed by atoms with Gasteiger partial charge < -0.3 is 5.32 Å². The van der Waals surface area contributed by atoms with E-state index >= 15 is 0 Å². The second-order valence-electron chi connectivity index (χ2n) is 5.71. The average molecular weight is 292 g/mol. The van der Waals surface area contributed by atoms with E-state index in [4.69, 9.17) is 4.98 Å². The summed E-state index contributed by atoms with van der Waals surface area (Å²) in [5.74, 6) is 0. The number of imidazole rings is 1. The minimum Gasteiger partial charge on any atom is -0.313 e. The van der Waals surface area contributed by atoms with Gasteiger partial charge in [0, 0.05) is 36.9 Å². The lowest BCUT2D eigenvalue weighted by Gasteiger charge is -2.24. The summed E-state index contributed by atoms with van der Waals surface area (Å²) in [5, 5.41) is 5.69. The molecule has 2 aromatic rings. The van der Waals surface area contributed by atoms with Crippen molar-refractivity contribution in [2.45, 2.75) is 45.2 Å². The molecule has 0 bridgehead atoms. The van der Waals surface area contributed by atoms with Crippen LogP contribution in [-0.2, 0) is 6.54 Å². The molecular weight excluding hydrogens is 268 g/mol. The van der Waals surface area contributed by atoms with Crippen LogP contribution in [0.25, 0.3) is 4.96 Å². The summed E-state index contributed by atoms with van der Waals surface area (Å²) in [4.78, 5) is 8.39. The highest BCUT2D eigenvalue weighted by Gasteiger charge is 2.18. The van der Waals surface area contributed by atoms with Gasteiger partial charge in [0.1, 0.15) is 0 Å². The Hall–Kier alpha value is -0.910. The van der Waals surface area contributed by atoms with Crippen LogP contribution in [0.2, 0.25) is 0 Å². The lowest BCUT2D eigenvalue weighted by molar-refractivity contribution is 0.235. The van der Waals surface area contributed by atoms with Crippen LogP contribution < -0.4 is 5.32 Å². The second-order valence-corrected chi connectivity index (χ2v) is 6.58. The fraction of sp³-hybridized carbons (Fsp3) is 0.667. The number of fused-ring (bicyclic) bond motifs is 1. The van der Waals surface area contributed by atoms with Crippen LogP contribution in [-0.4, -0.2) is 40.0 Å². The van der Waals surface area contributed by atoms with E-state index in [1.807, 2.05) is 0 Å². The van der Waals surface area contributed by atoms with Crippen molar-refractivity contribution >= 4 is 16.3 Å². The van der Waals surface area contributed by atoms with E-state index in [1.165, 1.54) is 44.5 Å². The van der Waals surface area contributed by atoms with Crippen LogP contribution in [0, 0.1) is 0 Å². The van der Waals surface area contributed by atoms with Crippen LogP contribution in [0.15, 0.2) is 17.8 Å². The molecule has 1 N–H and O–H groups in total. The fourth-order valence-electron chi connectivity index (χ4n) is 2.92. The molecule has 5 heteroatoms.